The van der Waals surface area contributed by atoms with E-state index in [0.717, 1.165) is 19.1 Å². The molecule has 2 aromatic carbocycles. The van der Waals surface area contributed by atoms with Crippen molar-refractivity contribution in [2.75, 3.05) is 0 Å². The first-order valence-corrected chi connectivity index (χ1v) is 7.12. The van der Waals surface area contributed by atoms with E-state index >= 15 is 0 Å². The van der Waals surface area contributed by atoms with E-state index in [2.05, 4.69) is 48.5 Å². The van der Waals surface area contributed by atoms with Gasteiger partial charge >= 0.3 is 0 Å². The van der Waals surface area contributed by atoms with Gasteiger partial charge in [0.2, 0.25) is 0 Å². The van der Waals surface area contributed by atoms with Gasteiger partial charge in [-0.25, -0.2) is 9.37 Å². The van der Waals surface area contributed by atoms with E-state index in [1.807, 2.05) is 24.3 Å². The second-order valence-corrected chi connectivity index (χ2v) is 5.87. The minimum atomic E-state index is -0.290. The number of hydrogen-bond acceptors (Lipinski definition) is 1. The minimum absolute atomic E-state index is 0.290. The molecule has 5 heteroatoms. The van der Waals surface area contributed by atoms with Crippen molar-refractivity contribution in [1.82, 2.24) is 9.97 Å². The molecule has 3 aromatic rings. The fourth-order valence-electron chi connectivity index (χ4n) is 1.78. The first-order valence-electron chi connectivity index (χ1n) is 5.25. The van der Waals surface area contributed by atoms with E-state index in [-0.39, 0.29) is 5.82 Å². The standard InChI is InChI=1S/C13H7BrFIN2/c14-8-6-9(15)7(5-10(8)16)13-17-11-3-1-2-4-12(11)18-13/h1-6H,(H,17,18). The lowest BCUT2D eigenvalue weighted by atomic mass is 10.2. The summed E-state index contributed by atoms with van der Waals surface area (Å²) in [6, 6.07) is 10.9. The van der Waals surface area contributed by atoms with Crippen molar-refractivity contribution in [3.05, 3.63) is 50.3 Å². The van der Waals surface area contributed by atoms with Crippen molar-refractivity contribution < 1.29 is 4.39 Å². The quantitative estimate of drug-likeness (QED) is 0.450. The lowest BCUT2D eigenvalue weighted by molar-refractivity contribution is 0.629. The second-order valence-electron chi connectivity index (χ2n) is 3.85. The molecule has 2 nitrogen and oxygen atoms in total. The van der Waals surface area contributed by atoms with E-state index in [4.69, 9.17) is 0 Å². The van der Waals surface area contributed by atoms with Crippen LogP contribution in [0, 0.1) is 9.39 Å². The molecule has 1 heterocycles. The first kappa shape index (κ1) is 12.1. The van der Waals surface area contributed by atoms with E-state index in [1.54, 1.807) is 6.07 Å². The molecule has 0 bridgehead atoms. The molecule has 1 aromatic heterocycles. The van der Waals surface area contributed by atoms with Gasteiger partial charge in [-0.2, -0.15) is 0 Å². The topological polar surface area (TPSA) is 28.7 Å². The summed E-state index contributed by atoms with van der Waals surface area (Å²) in [5.41, 5.74) is 2.23. The third-order valence-electron chi connectivity index (χ3n) is 2.65. The molecular weight excluding hydrogens is 410 g/mol. The number of nitrogens with zero attached hydrogens (tertiary/aromatic N) is 1. The lowest BCUT2D eigenvalue weighted by Gasteiger charge is -2.02. The van der Waals surface area contributed by atoms with Crippen LogP contribution in [0.15, 0.2) is 40.9 Å². The first-order chi connectivity index (χ1) is 8.65. The van der Waals surface area contributed by atoms with Crippen molar-refractivity contribution in [1.29, 1.82) is 0 Å². The third kappa shape index (κ3) is 2.05. The lowest BCUT2D eigenvalue weighted by Crippen LogP contribution is -1.89. The van der Waals surface area contributed by atoms with E-state index in [9.17, 15) is 4.39 Å². The fraction of sp³-hybridized carbons (Fsp3) is 0. The highest BCUT2D eigenvalue weighted by atomic mass is 127. The molecule has 0 aliphatic heterocycles. The summed E-state index contributed by atoms with van der Waals surface area (Å²) < 4.78 is 15.7. The number of aromatic nitrogens is 2. The van der Waals surface area contributed by atoms with Crippen LogP contribution in [0.2, 0.25) is 0 Å². The average molecular weight is 417 g/mol. The Morgan fingerprint density at radius 2 is 2.00 bits per heavy atom. The van der Waals surface area contributed by atoms with E-state index in [0.29, 0.717) is 11.4 Å². The molecule has 0 fully saturated rings. The normalized spacial score (nSPS) is 11.1. The molecular formula is C13H7BrFIN2. The van der Waals surface area contributed by atoms with Crippen LogP contribution >= 0.6 is 38.5 Å². The van der Waals surface area contributed by atoms with Gasteiger partial charge in [-0.05, 0) is 62.8 Å². The molecule has 0 saturated heterocycles. The number of fused-ring (bicyclic) bond motifs is 1. The SMILES string of the molecule is Fc1cc(Br)c(I)cc1-c1nc2ccccc2[nH]1. The zero-order valence-corrected chi connectivity index (χ0v) is 12.8. The van der Waals surface area contributed by atoms with Crippen molar-refractivity contribution >= 4 is 49.6 Å². The Bertz CT molecular complexity index is 706. The summed E-state index contributed by atoms with van der Waals surface area (Å²) in [4.78, 5) is 7.53. The maximum atomic E-state index is 14.0. The Kier molecular flexibility index (Phi) is 3.11. The predicted octanol–water partition coefficient (Wildman–Crippen LogP) is 4.74. The molecule has 0 aliphatic rings. The number of H-pyrrole nitrogens is 1. The molecule has 18 heavy (non-hydrogen) atoms. The van der Waals surface area contributed by atoms with Gasteiger partial charge in [0.15, 0.2) is 0 Å². The number of imidazole rings is 1. The maximum absolute atomic E-state index is 14.0. The van der Waals surface area contributed by atoms with E-state index < -0.39 is 0 Å². The second kappa shape index (κ2) is 4.62. The Balaban J connectivity index is 2.22. The van der Waals surface area contributed by atoms with Crippen LogP contribution in [0.4, 0.5) is 4.39 Å². The summed E-state index contributed by atoms with van der Waals surface area (Å²) in [5.74, 6) is 0.264. The summed E-state index contributed by atoms with van der Waals surface area (Å²) in [5, 5.41) is 0. The van der Waals surface area contributed by atoms with Gasteiger partial charge in [0.05, 0.1) is 16.6 Å². The monoisotopic (exact) mass is 416 g/mol. The Labute approximate surface area is 125 Å². The van der Waals surface area contributed by atoms with Gasteiger partial charge in [0.25, 0.3) is 0 Å². The molecule has 0 atom stereocenters. The zero-order valence-electron chi connectivity index (χ0n) is 9.05. The summed E-state index contributed by atoms with van der Waals surface area (Å²) in [7, 11) is 0. The Morgan fingerprint density at radius 3 is 2.78 bits per heavy atom. The molecule has 3 rings (SSSR count). The average Bonchev–Trinajstić information content (AvgIpc) is 2.77. The number of para-hydroxylation sites is 2. The number of aromatic amines is 1. The summed E-state index contributed by atoms with van der Waals surface area (Å²) in [6.45, 7) is 0. The van der Waals surface area contributed by atoms with Crippen molar-refractivity contribution in [2.45, 2.75) is 0 Å². The van der Waals surface area contributed by atoms with Crippen LogP contribution in [-0.4, -0.2) is 9.97 Å². The van der Waals surface area contributed by atoms with Crippen molar-refractivity contribution in [3.8, 4) is 11.4 Å². The molecule has 0 aliphatic carbocycles. The number of benzene rings is 2. The highest BCUT2D eigenvalue weighted by Crippen LogP contribution is 2.29. The van der Waals surface area contributed by atoms with Gasteiger partial charge in [-0.15, -0.1) is 0 Å². The largest absolute Gasteiger partial charge is 0.338 e. The molecule has 0 saturated carbocycles. The highest BCUT2D eigenvalue weighted by Gasteiger charge is 2.12. The van der Waals surface area contributed by atoms with Crippen LogP contribution in [0.25, 0.3) is 22.4 Å². The van der Waals surface area contributed by atoms with Crippen LogP contribution in [0.3, 0.4) is 0 Å². The van der Waals surface area contributed by atoms with Crippen LogP contribution < -0.4 is 0 Å². The smallest absolute Gasteiger partial charge is 0.141 e. The highest BCUT2D eigenvalue weighted by molar-refractivity contribution is 14.1. The Hall–Kier alpha value is -0.950. The molecule has 0 unspecified atom stereocenters. The number of halogens is 3. The fourth-order valence-corrected chi connectivity index (χ4v) is 2.57. The molecule has 0 radical (unpaired) electrons. The maximum Gasteiger partial charge on any atom is 0.141 e. The zero-order chi connectivity index (χ0) is 12.7. The predicted molar refractivity (Wildman–Crippen MR) is 81.9 cm³/mol. The number of rotatable bonds is 1. The number of hydrogen-bond donors (Lipinski definition) is 1. The van der Waals surface area contributed by atoms with Crippen LogP contribution in [0.1, 0.15) is 0 Å². The van der Waals surface area contributed by atoms with Crippen molar-refractivity contribution in [3.63, 3.8) is 0 Å². The minimum Gasteiger partial charge on any atom is -0.338 e. The number of nitrogens with one attached hydrogen (secondary N) is 1. The summed E-state index contributed by atoms with van der Waals surface area (Å²) >= 11 is 5.47. The van der Waals surface area contributed by atoms with Crippen LogP contribution in [-0.2, 0) is 0 Å². The molecule has 90 valence electrons. The summed E-state index contributed by atoms with van der Waals surface area (Å²) in [6.07, 6.45) is 0. The van der Waals surface area contributed by atoms with Crippen LogP contribution in [0.5, 0.6) is 0 Å². The van der Waals surface area contributed by atoms with Gasteiger partial charge < -0.3 is 4.98 Å². The van der Waals surface area contributed by atoms with Gasteiger partial charge in [0, 0.05) is 8.04 Å². The molecule has 0 spiro atoms. The Morgan fingerprint density at radius 1 is 1.22 bits per heavy atom. The van der Waals surface area contributed by atoms with E-state index in [1.165, 1.54) is 6.07 Å². The molecule has 1 N–H and O–H groups in total. The van der Waals surface area contributed by atoms with Gasteiger partial charge in [-0.3, -0.25) is 0 Å². The molecule has 0 amide bonds. The van der Waals surface area contributed by atoms with Gasteiger partial charge in [-0.1, -0.05) is 12.1 Å². The third-order valence-corrected chi connectivity index (χ3v) is 4.94. The van der Waals surface area contributed by atoms with Gasteiger partial charge in [0.1, 0.15) is 11.6 Å². The van der Waals surface area contributed by atoms with Crippen molar-refractivity contribution in [2.24, 2.45) is 0 Å².